The van der Waals surface area contributed by atoms with Crippen LogP contribution in [0.3, 0.4) is 0 Å². The number of benzene rings is 1. The van der Waals surface area contributed by atoms with E-state index in [2.05, 4.69) is 28.2 Å². The third-order valence-electron chi connectivity index (χ3n) is 8.39. The van der Waals surface area contributed by atoms with Crippen LogP contribution in [0, 0.1) is 18.8 Å². The van der Waals surface area contributed by atoms with Crippen LogP contribution < -0.4 is 10.5 Å². The lowest BCUT2D eigenvalue weighted by atomic mass is 10.1. The van der Waals surface area contributed by atoms with E-state index in [1.807, 2.05) is 35.4 Å². The predicted octanol–water partition coefficient (Wildman–Crippen LogP) is 4.55. The van der Waals surface area contributed by atoms with Gasteiger partial charge in [-0.05, 0) is 68.7 Å². The number of hydrogen-bond acceptors (Lipinski definition) is 5. The van der Waals surface area contributed by atoms with Gasteiger partial charge in [0.15, 0.2) is 5.82 Å². The Morgan fingerprint density at radius 2 is 2.03 bits per heavy atom. The van der Waals surface area contributed by atoms with Crippen molar-refractivity contribution in [3.8, 4) is 17.3 Å². The van der Waals surface area contributed by atoms with Crippen molar-refractivity contribution < 1.29 is 9.53 Å². The highest BCUT2D eigenvalue weighted by atomic mass is 32.1. The number of nitrogens with two attached hydrogens (primary N) is 1. The minimum absolute atomic E-state index is 0.0353. The summed E-state index contributed by atoms with van der Waals surface area (Å²) < 4.78 is 11.7. The Balaban J connectivity index is 1.34. The molecule has 3 aromatic heterocycles. The second-order valence-corrected chi connectivity index (χ2v) is 12.0. The van der Waals surface area contributed by atoms with E-state index in [1.165, 1.54) is 27.9 Å². The first kappa shape index (κ1) is 21.4. The maximum absolute atomic E-state index is 13.5. The zero-order valence-corrected chi connectivity index (χ0v) is 21.3. The van der Waals surface area contributed by atoms with Crippen LogP contribution >= 0.6 is 11.3 Å². The number of aryl methyl sites for hydroxylation is 2. The molecule has 1 aromatic carbocycles. The molecular weight excluding hydrogens is 458 g/mol. The Bertz CT molecular complexity index is 1490. The van der Waals surface area contributed by atoms with Gasteiger partial charge in [-0.25, -0.2) is 4.98 Å². The number of imidazole rings is 1. The predicted molar refractivity (Wildman–Crippen MR) is 139 cm³/mol. The zero-order valence-electron chi connectivity index (χ0n) is 20.5. The maximum atomic E-state index is 13.5. The maximum Gasteiger partial charge on any atom is 0.254 e. The number of aromatic nitrogens is 3. The summed E-state index contributed by atoms with van der Waals surface area (Å²) in [4.78, 5) is 21.9. The van der Waals surface area contributed by atoms with E-state index in [0.717, 1.165) is 54.4 Å². The molecule has 182 valence electrons. The SMILES string of the molecule is COc1cc(C(=O)N2C[C@H]3CC[C@@H]2[C@@H]3N)cc2nc(-c3cc4sc(C)cc4n3CC3CC3)n(C)c12. The normalized spacial score (nSPS) is 23.8. The largest absolute Gasteiger partial charge is 0.494 e. The molecule has 2 N–H and O–H groups in total. The number of fused-ring (bicyclic) bond motifs is 4. The molecule has 7 nitrogen and oxygen atoms in total. The van der Waals surface area contributed by atoms with Gasteiger partial charge in [0, 0.05) is 42.7 Å². The molecule has 2 bridgehead atoms. The lowest BCUT2D eigenvalue weighted by molar-refractivity contribution is 0.0700. The summed E-state index contributed by atoms with van der Waals surface area (Å²) >= 11 is 1.83. The summed E-state index contributed by atoms with van der Waals surface area (Å²) in [5.41, 5.74) is 11.1. The van der Waals surface area contributed by atoms with Gasteiger partial charge in [0.05, 0.1) is 28.5 Å². The lowest BCUT2D eigenvalue weighted by Gasteiger charge is -2.27. The molecule has 0 unspecified atom stereocenters. The van der Waals surface area contributed by atoms with Gasteiger partial charge < -0.3 is 24.5 Å². The molecule has 4 aromatic rings. The average Bonchev–Trinajstić information content (AvgIpc) is 3.04. The second kappa shape index (κ2) is 7.58. The second-order valence-electron chi connectivity index (χ2n) is 10.7. The van der Waals surface area contributed by atoms with E-state index >= 15 is 0 Å². The van der Waals surface area contributed by atoms with E-state index in [-0.39, 0.29) is 18.0 Å². The van der Waals surface area contributed by atoms with Crippen LogP contribution in [-0.4, -0.2) is 50.7 Å². The molecule has 3 aliphatic rings. The van der Waals surface area contributed by atoms with Crippen LogP contribution in [0.5, 0.6) is 5.75 Å². The molecule has 1 saturated heterocycles. The molecule has 8 heteroatoms. The average molecular weight is 490 g/mol. The Hall–Kier alpha value is -2.84. The molecule has 0 spiro atoms. The summed E-state index contributed by atoms with van der Waals surface area (Å²) in [5.74, 6) is 2.80. The highest BCUT2D eigenvalue weighted by molar-refractivity contribution is 7.19. The monoisotopic (exact) mass is 489 g/mol. The smallest absolute Gasteiger partial charge is 0.254 e. The molecule has 1 aliphatic heterocycles. The summed E-state index contributed by atoms with van der Waals surface area (Å²) in [6, 6.07) is 8.62. The number of piperidine rings is 1. The Kier molecular flexibility index (Phi) is 4.64. The van der Waals surface area contributed by atoms with Gasteiger partial charge in [-0.15, -0.1) is 11.3 Å². The number of hydrogen-bond donors (Lipinski definition) is 1. The van der Waals surface area contributed by atoms with E-state index in [4.69, 9.17) is 15.5 Å². The van der Waals surface area contributed by atoms with Crippen LogP contribution in [0.25, 0.3) is 32.8 Å². The number of carbonyl (C=O) groups is 1. The van der Waals surface area contributed by atoms with Gasteiger partial charge >= 0.3 is 0 Å². The quantitative estimate of drug-likeness (QED) is 0.446. The first-order valence-electron chi connectivity index (χ1n) is 12.6. The molecule has 3 fully saturated rings. The first-order chi connectivity index (χ1) is 16.9. The van der Waals surface area contributed by atoms with E-state index in [1.54, 1.807) is 7.11 Å². The molecular formula is C27H31N5O2S. The number of rotatable bonds is 5. The fourth-order valence-corrected chi connectivity index (χ4v) is 7.33. The fraction of sp³-hybridized carbons (Fsp3) is 0.481. The Morgan fingerprint density at radius 3 is 2.71 bits per heavy atom. The number of likely N-dealkylation sites (tertiary alicyclic amines) is 1. The van der Waals surface area contributed by atoms with Crippen molar-refractivity contribution in [3.05, 3.63) is 34.7 Å². The Morgan fingerprint density at radius 1 is 1.20 bits per heavy atom. The highest BCUT2D eigenvalue weighted by Gasteiger charge is 2.47. The summed E-state index contributed by atoms with van der Waals surface area (Å²) in [6.45, 7) is 3.95. The lowest BCUT2D eigenvalue weighted by Crippen LogP contribution is -2.41. The molecule has 4 heterocycles. The van der Waals surface area contributed by atoms with Crippen molar-refractivity contribution in [2.24, 2.45) is 24.6 Å². The molecule has 1 amide bonds. The molecule has 7 rings (SSSR count). The fourth-order valence-electron chi connectivity index (χ4n) is 6.37. The van der Waals surface area contributed by atoms with Crippen molar-refractivity contribution in [2.75, 3.05) is 13.7 Å². The van der Waals surface area contributed by atoms with Crippen molar-refractivity contribution in [2.45, 2.75) is 51.2 Å². The van der Waals surface area contributed by atoms with E-state index < -0.39 is 0 Å². The van der Waals surface area contributed by atoms with E-state index in [9.17, 15) is 4.79 Å². The molecule has 2 aliphatic carbocycles. The third-order valence-corrected chi connectivity index (χ3v) is 9.38. The first-order valence-corrected chi connectivity index (χ1v) is 13.5. The number of thiophene rings is 1. The van der Waals surface area contributed by atoms with Gasteiger partial charge in [-0.1, -0.05) is 0 Å². The van der Waals surface area contributed by atoms with Crippen molar-refractivity contribution in [1.29, 1.82) is 0 Å². The summed E-state index contributed by atoms with van der Waals surface area (Å²) in [5, 5.41) is 0. The van der Waals surface area contributed by atoms with Crippen LogP contribution in [0.15, 0.2) is 24.3 Å². The number of nitrogens with zero attached hydrogens (tertiary/aromatic N) is 4. The number of amides is 1. The van der Waals surface area contributed by atoms with Gasteiger partial charge in [0.25, 0.3) is 5.91 Å². The van der Waals surface area contributed by atoms with Crippen LogP contribution in [-0.2, 0) is 13.6 Å². The van der Waals surface area contributed by atoms with Crippen molar-refractivity contribution in [3.63, 3.8) is 0 Å². The Labute approximate surface area is 208 Å². The topological polar surface area (TPSA) is 78.3 Å². The minimum atomic E-state index is 0.0353. The minimum Gasteiger partial charge on any atom is -0.494 e. The van der Waals surface area contributed by atoms with Gasteiger partial charge in [-0.3, -0.25) is 4.79 Å². The van der Waals surface area contributed by atoms with Crippen LogP contribution in [0.2, 0.25) is 0 Å². The summed E-state index contributed by atoms with van der Waals surface area (Å²) in [6.07, 6.45) is 4.72. The third kappa shape index (κ3) is 3.19. The molecule has 0 radical (unpaired) electrons. The number of carbonyl (C=O) groups excluding carboxylic acids is 1. The molecule has 35 heavy (non-hydrogen) atoms. The number of methoxy groups -OCH3 is 1. The van der Waals surface area contributed by atoms with Gasteiger partial charge in [0.2, 0.25) is 0 Å². The standard InChI is InChI=1S/C27H31N5O2S/c1-14-8-20-23(35-14)11-21(31(20)12-15-4-5-15)26-29-18-9-17(10-22(34-3)25(18)30(26)2)27(33)32-13-16-6-7-19(32)24(16)28/h8-11,15-16,19,24H,4-7,12-13,28H2,1-3H3/t16-,19-,24-/m1/s1. The van der Waals surface area contributed by atoms with Gasteiger partial charge in [-0.2, -0.15) is 0 Å². The van der Waals surface area contributed by atoms with Gasteiger partial charge in [0.1, 0.15) is 11.3 Å². The molecule has 2 saturated carbocycles. The molecule has 3 atom stereocenters. The summed E-state index contributed by atoms with van der Waals surface area (Å²) in [7, 11) is 3.71. The van der Waals surface area contributed by atoms with Crippen LogP contribution in [0.4, 0.5) is 0 Å². The zero-order chi connectivity index (χ0) is 24.0. The van der Waals surface area contributed by atoms with E-state index in [0.29, 0.717) is 17.2 Å². The number of ether oxygens (including phenoxy) is 1. The highest BCUT2D eigenvalue weighted by Crippen LogP contribution is 2.41. The van der Waals surface area contributed by atoms with Crippen LogP contribution in [0.1, 0.15) is 40.9 Å². The van der Waals surface area contributed by atoms with Crippen molar-refractivity contribution in [1.82, 2.24) is 19.0 Å². The van der Waals surface area contributed by atoms with Crippen molar-refractivity contribution >= 4 is 38.5 Å².